The lowest BCUT2D eigenvalue weighted by atomic mass is 9.86. The molecule has 2 aliphatic heterocycles. The zero-order chi connectivity index (χ0) is 37.3. The van der Waals surface area contributed by atoms with Crippen LogP contribution in [-0.2, 0) is 39.3 Å². The molecule has 0 spiro atoms. The maximum atomic E-state index is 4.93. The normalized spacial score (nSPS) is 17.6. The number of pyridine rings is 3. The minimum atomic E-state index is 0.0531. The van der Waals surface area contributed by atoms with Crippen molar-refractivity contribution in [1.82, 2.24) is 46.0 Å². The molecule has 0 atom stereocenters. The zero-order valence-corrected chi connectivity index (χ0v) is 32.4. The Morgan fingerprint density at radius 2 is 0.891 bits per heavy atom. The first-order valence-electron chi connectivity index (χ1n) is 20.5. The summed E-state index contributed by atoms with van der Waals surface area (Å²) in [6, 6.07) is 37.6. The number of aromatic nitrogens is 3. The van der Waals surface area contributed by atoms with Crippen molar-refractivity contribution in [2.24, 2.45) is 0 Å². The van der Waals surface area contributed by atoms with E-state index in [0.717, 1.165) is 146 Å². The monoisotopic (exact) mass is 737 g/mol. The van der Waals surface area contributed by atoms with Crippen LogP contribution in [0.2, 0.25) is 0 Å². The molecule has 9 nitrogen and oxygen atoms in total. The maximum Gasteiger partial charge on any atom is 0.0545 e. The number of benzene rings is 2. The summed E-state index contributed by atoms with van der Waals surface area (Å²) in [4.78, 5) is 19.8. The summed E-state index contributed by atoms with van der Waals surface area (Å²) in [5, 5.41) is 14.5. The van der Waals surface area contributed by atoms with E-state index in [1.54, 1.807) is 0 Å². The highest BCUT2D eigenvalue weighted by Crippen LogP contribution is 2.32. The summed E-state index contributed by atoms with van der Waals surface area (Å²) < 4.78 is 0. The molecule has 0 amide bonds. The molecule has 55 heavy (non-hydrogen) atoms. The lowest BCUT2D eigenvalue weighted by Crippen LogP contribution is -2.31. The predicted octanol–water partition coefficient (Wildman–Crippen LogP) is 6.00. The molecule has 0 fully saturated rings. The predicted molar refractivity (Wildman–Crippen MR) is 222 cm³/mol. The summed E-state index contributed by atoms with van der Waals surface area (Å²) >= 11 is 0. The molecule has 288 valence electrons. The fraction of sp³-hybridized carbons (Fsp3) is 0.413. The number of fused-ring (bicyclic) bond motifs is 4. The third kappa shape index (κ3) is 12.3. The van der Waals surface area contributed by atoms with Crippen LogP contribution >= 0.6 is 0 Å². The summed E-state index contributed by atoms with van der Waals surface area (Å²) in [7, 11) is 0. The summed E-state index contributed by atoms with van der Waals surface area (Å²) in [5.41, 5.74) is 10.8. The van der Waals surface area contributed by atoms with Crippen molar-refractivity contribution in [2.45, 2.75) is 70.9 Å². The van der Waals surface area contributed by atoms with E-state index in [0.29, 0.717) is 0 Å². The smallest absolute Gasteiger partial charge is 0.0545 e. The van der Waals surface area contributed by atoms with Gasteiger partial charge in [0.05, 0.1) is 34.4 Å². The fourth-order valence-electron chi connectivity index (χ4n) is 7.91. The van der Waals surface area contributed by atoms with Gasteiger partial charge in [-0.1, -0.05) is 66.7 Å². The van der Waals surface area contributed by atoms with Crippen molar-refractivity contribution in [2.75, 3.05) is 52.4 Å². The van der Waals surface area contributed by atoms with E-state index in [9.17, 15) is 0 Å². The second-order valence-corrected chi connectivity index (χ2v) is 15.1. The van der Waals surface area contributed by atoms with Crippen LogP contribution in [0.25, 0.3) is 0 Å². The lowest BCUT2D eigenvalue weighted by molar-refractivity contribution is 0.256. The molecule has 5 heterocycles. The molecule has 0 saturated heterocycles. The lowest BCUT2D eigenvalue weighted by Gasteiger charge is -2.25. The molecule has 9 heteroatoms. The second kappa shape index (κ2) is 21.1. The van der Waals surface area contributed by atoms with Crippen molar-refractivity contribution in [1.29, 1.82) is 0 Å². The molecule has 4 bridgehead atoms. The van der Waals surface area contributed by atoms with Crippen molar-refractivity contribution >= 4 is 0 Å². The van der Waals surface area contributed by atoms with Gasteiger partial charge in [0.1, 0.15) is 0 Å². The van der Waals surface area contributed by atoms with Gasteiger partial charge in [0.15, 0.2) is 0 Å². The van der Waals surface area contributed by atoms with Crippen LogP contribution in [0.15, 0.2) is 109 Å². The van der Waals surface area contributed by atoms with Crippen molar-refractivity contribution in [3.05, 3.63) is 160 Å². The maximum absolute atomic E-state index is 4.93. The number of rotatable bonds is 7. The zero-order valence-electron chi connectivity index (χ0n) is 32.4. The van der Waals surface area contributed by atoms with Gasteiger partial charge in [-0.25, -0.2) is 0 Å². The van der Waals surface area contributed by atoms with Gasteiger partial charge in [0.2, 0.25) is 0 Å². The Kier molecular flexibility index (Phi) is 14.9. The van der Waals surface area contributed by atoms with Crippen LogP contribution in [0, 0.1) is 0 Å². The third-order valence-corrected chi connectivity index (χ3v) is 10.6. The molecule has 0 aliphatic carbocycles. The summed E-state index contributed by atoms with van der Waals surface area (Å²) in [6.45, 7) is 13.3. The molecular formula is C46H59N9. The van der Waals surface area contributed by atoms with Crippen LogP contribution in [-0.4, -0.2) is 77.1 Å². The van der Waals surface area contributed by atoms with Crippen LogP contribution in [0.3, 0.4) is 0 Å². The Bertz CT molecular complexity index is 1710. The standard InChI is InChI=1S/C46H59N9/c1-2-24-51-45(19-1)46(39-13-3-11-37(29-39)35-54-25-7-20-47-31-41-15-5-16-42(52-41)32-48-21-8-26-54)40-14-4-12-38(30-40)36-55-27-9-22-49-33-43-17-6-18-44(53-43)34-50-23-10-28-55/h1-6,11-19,24,29-30,46-50H,7-10,20-23,25-28,31-36H2. The van der Waals surface area contributed by atoms with E-state index in [1.165, 1.54) is 22.3 Å². The first-order valence-corrected chi connectivity index (χ1v) is 20.5. The topological polar surface area (TPSA) is 93.3 Å². The van der Waals surface area contributed by atoms with Gasteiger partial charge in [-0.05, 0) is 137 Å². The molecule has 7 rings (SSSR count). The van der Waals surface area contributed by atoms with Gasteiger partial charge in [0.25, 0.3) is 0 Å². The Balaban J connectivity index is 1.03. The van der Waals surface area contributed by atoms with Crippen LogP contribution in [0.4, 0.5) is 0 Å². The van der Waals surface area contributed by atoms with E-state index in [2.05, 4.69) is 128 Å². The molecule has 5 aromatic rings. The van der Waals surface area contributed by atoms with Crippen molar-refractivity contribution < 1.29 is 0 Å². The van der Waals surface area contributed by atoms with Gasteiger partial charge in [-0.15, -0.1) is 0 Å². The molecule has 4 N–H and O–H groups in total. The van der Waals surface area contributed by atoms with Crippen LogP contribution < -0.4 is 21.3 Å². The van der Waals surface area contributed by atoms with Gasteiger partial charge in [0, 0.05) is 45.5 Å². The van der Waals surface area contributed by atoms with E-state index in [1.807, 2.05) is 12.3 Å². The second-order valence-electron chi connectivity index (χ2n) is 15.1. The van der Waals surface area contributed by atoms with E-state index in [4.69, 9.17) is 15.0 Å². The molecular weight excluding hydrogens is 679 g/mol. The third-order valence-electron chi connectivity index (χ3n) is 10.6. The van der Waals surface area contributed by atoms with Crippen molar-refractivity contribution in [3.63, 3.8) is 0 Å². The van der Waals surface area contributed by atoms with Crippen LogP contribution in [0.5, 0.6) is 0 Å². The Hall–Kier alpha value is -4.35. The van der Waals surface area contributed by atoms with Gasteiger partial charge in [-0.2, -0.15) is 0 Å². The van der Waals surface area contributed by atoms with E-state index >= 15 is 0 Å². The highest BCUT2D eigenvalue weighted by Gasteiger charge is 2.20. The number of nitrogens with one attached hydrogen (secondary N) is 4. The average Bonchev–Trinajstić information content (AvgIpc) is 3.21. The SMILES string of the molecule is c1ccc(C(c2cccc(CN3CCCNCc4cccc(n4)CNCCC3)c2)c2cccc(CN3CCCNCc4cccc(n4)CNCCC3)c2)nc1. The average molecular weight is 738 g/mol. The molecule has 0 radical (unpaired) electrons. The molecule has 2 aromatic carbocycles. The highest BCUT2D eigenvalue weighted by molar-refractivity contribution is 5.43. The molecule has 2 aliphatic rings. The Morgan fingerprint density at radius 1 is 0.473 bits per heavy atom. The Morgan fingerprint density at radius 3 is 1.29 bits per heavy atom. The van der Waals surface area contributed by atoms with Crippen molar-refractivity contribution in [3.8, 4) is 0 Å². The molecule has 0 saturated carbocycles. The first-order chi connectivity index (χ1) is 27.2. The largest absolute Gasteiger partial charge is 0.311 e. The Labute approximate surface area is 328 Å². The van der Waals surface area contributed by atoms with E-state index in [-0.39, 0.29) is 5.92 Å². The van der Waals surface area contributed by atoms with E-state index < -0.39 is 0 Å². The number of hydrogen-bond acceptors (Lipinski definition) is 9. The number of nitrogens with zero attached hydrogens (tertiary/aromatic N) is 5. The van der Waals surface area contributed by atoms with Gasteiger partial charge in [-0.3, -0.25) is 24.8 Å². The number of hydrogen-bond donors (Lipinski definition) is 4. The van der Waals surface area contributed by atoms with Gasteiger partial charge < -0.3 is 21.3 Å². The molecule has 3 aromatic heterocycles. The minimum Gasteiger partial charge on any atom is -0.311 e. The van der Waals surface area contributed by atoms with Crippen LogP contribution in [0.1, 0.15) is 82.3 Å². The highest BCUT2D eigenvalue weighted by atomic mass is 15.1. The molecule has 0 unspecified atom stereocenters. The van der Waals surface area contributed by atoms with Gasteiger partial charge >= 0.3 is 0 Å². The summed E-state index contributed by atoms with van der Waals surface area (Å²) in [6.07, 6.45) is 6.34. The summed E-state index contributed by atoms with van der Waals surface area (Å²) in [5.74, 6) is 0.0531. The first kappa shape index (κ1) is 38.9. The minimum absolute atomic E-state index is 0.0531. The fourth-order valence-corrected chi connectivity index (χ4v) is 7.91. The quantitative estimate of drug-likeness (QED) is 0.161.